The molecular weight excluding hydrogens is 247 g/mol. The number of hydrogen-bond acceptors (Lipinski definition) is 4. The molecule has 0 aromatic carbocycles. The Hall–Kier alpha value is -0.340. The summed E-state index contributed by atoms with van der Waals surface area (Å²) in [6.07, 6.45) is -4.32. The average Bonchev–Trinajstić information content (AvgIpc) is 2.12. The molecule has 16 heavy (non-hydrogen) atoms. The van der Waals surface area contributed by atoms with Crippen molar-refractivity contribution in [3.05, 3.63) is 0 Å². The van der Waals surface area contributed by atoms with Gasteiger partial charge in [-0.3, -0.25) is 0 Å². The molecule has 0 fully saturated rings. The van der Waals surface area contributed by atoms with Crippen LogP contribution < -0.4 is 5.32 Å². The van der Waals surface area contributed by atoms with Gasteiger partial charge in [0.2, 0.25) is 0 Å². The molecule has 0 aliphatic rings. The van der Waals surface area contributed by atoms with Crippen LogP contribution in [0.1, 0.15) is 6.92 Å². The van der Waals surface area contributed by atoms with Gasteiger partial charge in [0.25, 0.3) is 0 Å². The fourth-order valence-electron chi connectivity index (χ4n) is 0.945. The monoisotopic (exact) mass is 263 g/mol. The lowest BCUT2D eigenvalue weighted by atomic mass is 10.4. The molecule has 1 N–H and O–H groups in total. The van der Waals surface area contributed by atoms with Gasteiger partial charge in [0.1, 0.15) is 0 Å². The molecule has 98 valence electrons. The fraction of sp³-hybridized carbons (Fsp3) is 1.00. The normalized spacial score (nSPS) is 15.1. The molecule has 0 aromatic rings. The van der Waals surface area contributed by atoms with E-state index in [9.17, 15) is 21.6 Å². The predicted octanol–water partition coefficient (Wildman–Crippen LogP) is 0.588. The topological polar surface area (TPSA) is 55.4 Å². The Morgan fingerprint density at radius 1 is 1.38 bits per heavy atom. The van der Waals surface area contributed by atoms with E-state index in [0.717, 1.165) is 0 Å². The van der Waals surface area contributed by atoms with Gasteiger partial charge in [0.05, 0.1) is 24.2 Å². The third-order valence-corrected chi connectivity index (χ3v) is 4.07. The van der Waals surface area contributed by atoms with Crippen molar-refractivity contribution in [2.24, 2.45) is 0 Å². The fourth-order valence-corrected chi connectivity index (χ4v) is 2.12. The summed E-state index contributed by atoms with van der Waals surface area (Å²) in [6.45, 7) is 0.0169. The number of rotatable bonds is 7. The molecule has 8 heteroatoms. The SMILES string of the molecule is COCCS(=O)(=O)C(C)CNCC(F)(F)F. The van der Waals surface area contributed by atoms with Crippen molar-refractivity contribution < 1.29 is 26.3 Å². The van der Waals surface area contributed by atoms with Crippen molar-refractivity contribution in [3.63, 3.8) is 0 Å². The zero-order valence-electron chi connectivity index (χ0n) is 9.17. The summed E-state index contributed by atoms with van der Waals surface area (Å²) < 4.78 is 62.8. The minimum Gasteiger partial charge on any atom is -0.384 e. The molecule has 1 unspecified atom stereocenters. The summed E-state index contributed by atoms with van der Waals surface area (Å²) in [5.74, 6) is -0.182. The van der Waals surface area contributed by atoms with Crippen LogP contribution >= 0.6 is 0 Å². The highest BCUT2D eigenvalue weighted by Gasteiger charge is 2.28. The maximum atomic E-state index is 11.8. The summed E-state index contributed by atoms with van der Waals surface area (Å²) in [6, 6.07) is 0. The van der Waals surface area contributed by atoms with Gasteiger partial charge in [-0.1, -0.05) is 0 Å². The molecule has 0 rings (SSSR count). The highest BCUT2D eigenvalue weighted by molar-refractivity contribution is 7.92. The van der Waals surface area contributed by atoms with Crippen LogP contribution in [0.2, 0.25) is 0 Å². The second kappa shape index (κ2) is 6.41. The van der Waals surface area contributed by atoms with Gasteiger partial charge in [-0.25, -0.2) is 8.42 Å². The van der Waals surface area contributed by atoms with Crippen LogP contribution in [0.3, 0.4) is 0 Å². The number of methoxy groups -OCH3 is 1. The van der Waals surface area contributed by atoms with Crippen molar-refractivity contribution in [3.8, 4) is 0 Å². The van der Waals surface area contributed by atoms with E-state index in [2.05, 4.69) is 10.1 Å². The highest BCUT2D eigenvalue weighted by Crippen LogP contribution is 2.12. The summed E-state index contributed by atoms with van der Waals surface area (Å²) >= 11 is 0. The average molecular weight is 263 g/mol. The second-order valence-electron chi connectivity index (χ2n) is 3.42. The lowest BCUT2D eigenvalue weighted by molar-refractivity contribution is -0.124. The first-order valence-electron chi connectivity index (χ1n) is 4.67. The Morgan fingerprint density at radius 2 is 1.94 bits per heavy atom. The van der Waals surface area contributed by atoms with Gasteiger partial charge in [-0.2, -0.15) is 13.2 Å². The summed E-state index contributed by atoms with van der Waals surface area (Å²) in [5, 5.41) is 1.21. The lowest BCUT2D eigenvalue weighted by Crippen LogP contribution is -2.38. The van der Waals surface area contributed by atoms with Crippen LogP contribution in [0.5, 0.6) is 0 Å². The third kappa shape index (κ3) is 7.02. The zero-order chi connectivity index (χ0) is 12.8. The Morgan fingerprint density at radius 3 is 2.38 bits per heavy atom. The van der Waals surface area contributed by atoms with Gasteiger partial charge in [0.15, 0.2) is 9.84 Å². The molecule has 0 radical (unpaired) electrons. The number of halogens is 3. The summed E-state index contributed by atoms with van der Waals surface area (Å²) in [7, 11) is -2.03. The molecule has 0 aromatic heterocycles. The Bertz CT molecular complexity index is 289. The van der Waals surface area contributed by atoms with E-state index in [-0.39, 0.29) is 18.9 Å². The van der Waals surface area contributed by atoms with E-state index >= 15 is 0 Å². The molecule has 0 aliphatic carbocycles. The van der Waals surface area contributed by atoms with Crippen LogP contribution in [-0.4, -0.2) is 52.4 Å². The molecular formula is C8H16F3NO3S. The summed E-state index contributed by atoms with van der Waals surface area (Å²) in [4.78, 5) is 0. The van der Waals surface area contributed by atoms with Crippen molar-refractivity contribution in [1.29, 1.82) is 0 Å². The van der Waals surface area contributed by atoms with Gasteiger partial charge in [-0.15, -0.1) is 0 Å². The van der Waals surface area contributed by atoms with Crippen molar-refractivity contribution in [2.45, 2.75) is 18.3 Å². The molecule has 0 saturated carbocycles. The number of hydrogen-bond donors (Lipinski definition) is 1. The third-order valence-electron chi connectivity index (χ3n) is 1.94. The van der Waals surface area contributed by atoms with Gasteiger partial charge in [-0.05, 0) is 6.92 Å². The van der Waals surface area contributed by atoms with Crippen LogP contribution in [0.15, 0.2) is 0 Å². The maximum Gasteiger partial charge on any atom is 0.401 e. The zero-order valence-corrected chi connectivity index (χ0v) is 9.99. The Kier molecular flexibility index (Phi) is 6.27. The van der Waals surface area contributed by atoms with Crippen LogP contribution in [0.25, 0.3) is 0 Å². The van der Waals surface area contributed by atoms with Crippen LogP contribution in [0, 0.1) is 0 Å². The number of alkyl halides is 3. The lowest BCUT2D eigenvalue weighted by Gasteiger charge is -2.14. The van der Waals surface area contributed by atoms with Crippen molar-refractivity contribution in [1.82, 2.24) is 5.32 Å². The first-order chi connectivity index (χ1) is 7.19. The first-order valence-corrected chi connectivity index (χ1v) is 6.38. The van der Waals surface area contributed by atoms with E-state index in [1.807, 2.05) is 0 Å². The van der Waals surface area contributed by atoms with Gasteiger partial charge >= 0.3 is 6.18 Å². The quantitative estimate of drug-likeness (QED) is 0.730. The molecule has 0 bridgehead atoms. The van der Waals surface area contributed by atoms with E-state index < -0.39 is 27.8 Å². The molecule has 0 aliphatic heterocycles. The highest BCUT2D eigenvalue weighted by atomic mass is 32.2. The summed E-state index contributed by atoms with van der Waals surface area (Å²) in [5.41, 5.74) is 0. The molecule has 0 amide bonds. The van der Waals surface area contributed by atoms with Crippen molar-refractivity contribution >= 4 is 9.84 Å². The van der Waals surface area contributed by atoms with Crippen LogP contribution in [0.4, 0.5) is 13.2 Å². The van der Waals surface area contributed by atoms with Crippen LogP contribution in [-0.2, 0) is 14.6 Å². The first kappa shape index (κ1) is 15.7. The molecule has 0 spiro atoms. The van der Waals surface area contributed by atoms with Crippen molar-refractivity contribution in [2.75, 3.05) is 32.6 Å². The molecule has 0 saturated heterocycles. The van der Waals surface area contributed by atoms with E-state index in [0.29, 0.717) is 0 Å². The smallest absolute Gasteiger partial charge is 0.384 e. The van der Waals surface area contributed by atoms with E-state index in [1.54, 1.807) is 0 Å². The van der Waals surface area contributed by atoms with E-state index in [1.165, 1.54) is 14.0 Å². The van der Waals surface area contributed by atoms with Gasteiger partial charge in [0, 0.05) is 13.7 Å². The molecule has 1 atom stereocenters. The Balaban J connectivity index is 4.01. The standard InChI is InChI=1S/C8H16F3NO3S/c1-7(5-12-6-8(9,10)11)16(13,14)4-3-15-2/h7,12H,3-6H2,1-2H3. The largest absolute Gasteiger partial charge is 0.401 e. The minimum absolute atomic E-state index is 0.0476. The number of nitrogens with one attached hydrogen (secondary N) is 1. The number of sulfone groups is 1. The van der Waals surface area contributed by atoms with E-state index in [4.69, 9.17) is 0 Å². The second-order valence-corrected chi connectivity index (χ2v) is 5.96. The molecule has 0 heterocycles. The predicted molar refractivity (Wildman–Crippen MR) is 54.0 cm³/mol. The Labute approximate surface area is 93.1 Å². The maximum absolute atomic E-state index is 11.8. The number of ether oxygens (including phenoxy) is 1. The molecule has 4 nitrogen and oxygen atoms in total. The van der Waals surface area contributed by atoms with Gasteiger partial charge < -0.3 is 10.1 Å². The minimum atomic E-state index is -4.32.